The Morgan fingerprint density at radius 3 is 3.06 bits per heavy atom. The first-order valence-corrected chi connectivity index (χ1v) is 4.91. The lowest BCUT2D eigenvalue weighted by atomic mass is 10.2. The molecule has 0 bridgehead atoms. The monoisotopic (exact) mass is 219 g/mol. The summed E-state index contributed by atoms with van der Waals surface area (Å²) in [5.41, 5.74) is 0.747. The van der Waals surface area contributed by atoms with Gasteiger partial charge in [0.1, 0.15) is 17.6 Å². The van der Waals surface area contributed by atoms with Crippen molar-refractivity contribution in [3.63, 3.8) is 0 Å². The molecule has 16 heavy (non-hydrogen) atoms. The van der Waals surface area contributed by atoms with Gasteiger partial charge in [0.05, 0.1) is 5.56 Å². The molecular weight excluding hydrogens is 206 g/mol. The lowest BCUT2D eigenvalue weighted by Gasteiger charge is -2.06. The molecule has 1 aromatic rings. The largest absolute Gasteiger partial charge is 0.385 e. The number of carbonyl (C=O) groups excluding carboxylic acids is 1. The van der Waals surface area contributed by atoms with Gasteiger partial charge in [0.2, 0.25) is 0 Å². The van der Waals surface area contributed by atoms with Gasteiger partial charge in [-0.1, -0.05) is 0 Å². The Hall–Kier alpha value is -1.93. The van der Waals surface area contributed by atoms with Crippen molar-refractivity contribution in [2.75, 3.05) is 25.6 Å². The van der Waals surface area contributed by atoms with Crippen LogP contribution >= 0.6 is 0 Å². The van der Waals surface area contributed by atoms with E-state index in [1.165, 1.54) is 6.07 Å². The minimum Gasteiger partial charge on any atom is -0.385 e. The summed E-state index contributed by atoms with van der Waals surface area (Å²) < 4.78 is 4.90. The SMILES string of the molecule is COCCCNc1nc(C=O)ccc1C#N. The van der Waals surface area contributed by atoms with Crippen molar-refractivity contribution in [2.45, 2.75) is 6.42 Å². The number of aromatic nitrogens is 1. The Kier molecular flexibility index (Phi) is 4.96. The summed E-state index contributed by atoms with van der Waals surface area (Å²) in [4.78, 5) is 14.6. The van der Waals surface area contributed by atoms with Gasteiger partial charge in [-0.05, 0) is 18.6 Å². The minimum atomic E-state index is 0.313. The van der Waals surface area contributed by atoms with Crippen LogP contribution in [0.3, 0.4) is 0 Å². The molecule has 1 aromatic heterocycles. The number of nitrogens with zero attached hydrogens (tertiary/aromatic N) is 2. The summed E-state index contributed by atoms with van der Waals surface area (Å²) in [5, 5.41) is 11.8. The fourth-order valence-electron chi connectivity index (χ4n) is 1.19. The Morgan fingerprint density at radius 1 is 1.62 bits per heavy atom. The van der Waals surface area contributed by atoms with E-state index in [9.17, 15) is 4.79 Å². The Labute approximate surface area is 94.1 Å². The van der Waals surface area contributed by atoms with E-state index in [0.29, 0.717) is 36.5 Å². The summed E-state index contributed by atoms with van der Waals surface area (Å²) in [6.45, 7) is 1.29. The molecule has 0 fully saturated rings. The molecule has 1 N–H and O–H groups in total. The normalized spacial score (nSPS) is 9.50. The van der Waals surface area contributed by atoms with Crippen molar-refractivity contribution in [1.82, 2.24) is 4.98 Å². The summed E-state index contributed by atoms with van der Waals surface area (Å²) in [6.07, 6.45) is 1.47. The number of anilines is 1. The van der Waals surface area contributed by atoms with E-state index in [0.717, 1.165) is 6.42 Å². The molecule has 0 atom stereocenters. The van der Waals surface area contributed by atoms with Crippen LogP contribution in [0.15, 0.2) is 12.1 Å². The van der Waals surface area contributed by atoms with Crippen LogP contribution in [0, 0.1) is 11.3 Å². The van der Waals surface area contributed by atoms with E-state index in [1.54, 1.807) is 13.2 Å². The Bertz CT molecular complexity index is 399. The highest BCUT2D eigenvalue weighted by Gasteiger charge is 2.04. The van der Waals surface area contributed by atoms with Crippen molar-refractivity contribution in [3.05, 3.63) is 23.4 Å². The van der Waals surface area contributed by atoms with Crippen molar-refractivity contribution < 1.29 is 9.53 Å². The number of methoxy groups -OCH3 is 1. The maximum absolute atomic E-state index is 10.5. The van der Waals surface area contributed by atoms with E-state index in [-0.39, 0.29) is 0 Å². The summed E-state index contributed by atoms with van der Waals surface area (Å²) in [7, 11) is 1.63. The number of ether oxygens (including phenoxy) is 1. The minimum absolute atomic E-state index is 0.313. The molecule has 1 rings (SSSR count). The maximum atomic E-state index is 10.5. The van der Waals surface area contributed by atoms with Gasteiger partial charge in [0.15, 0.2) is 6.29 Å². The van der Waals surface area contributed by atoms with Gasteiger partial charge in [-0.3, -0.25) is 4.79 Å². The van der Waals surface area contributed by atoms with Crippen LogP contribution in [0.25, 0.3) is 0 Å². The van der Waals surface area contributed by atoms with Crippen molar-refractivity contribution in [1.29, 1.82) is 5.26 Å². The van der Waals surface area contributed by atoms with Crippen LogP contribution < -0.4 is 5.32 Å². The molecule has 5 nitrogen and oxygen atoms in total. The van der Waals surface area contributed by atoms with E-state index in [2.05, 4.69) is 10.3 Å². The summed E-state index contributed by atoms with van der Waals surface area (Å²) >= 11 is 0. The van der Waals surface area contributed by atoms with Gasteiger partial charge in [-0.15, -0.1) is 0 Å². The summed E-state index contributed by atoms with van der Waals surface area (Å²) in [5.74, 6) is 0.447. The molecule has 5 heteroatoms. The van der Waals surface area contributed by atoms with Crippen LogP contribution in [-0.4, -0.2) is 31.5 Å². The van der Waals surface area contributed by atoms with E-state index in [4.69, 9.17) is 10.00 Å². The number of hydrogen-bond donors (Lipinski definition) is 1. The zero-order valence-corrected chi connectivity index (χ0v) is 9.06. The third-order valence-corrected chi connectivity index (χ3v) is 1.98. The Balaban J connectivity index is 2.68. The first kappa shape index (κ1) is 12.1. The van der Waals surface area contributed by atoms with Gasteiger partial charge >= 0.3 is 0 Å². The zero-order chi connectivity index (χ0) is 11.8. The highest BCUT2D eigenvalue weighted by Crippen LogP contribution is 2.11. The summed E-state index contributed by atoms with van der Waals surface area (Å²) in [6, 6.07) is 5.11. The van der Waals surface area contributed by atoms with E-state index in [1.807, 2.05) is 6.07 Å². The van der Waals surface area contributed by atoms with E-state index < -0.39 is 0 Å². The van der Waals surface area contributed by atoms with Crippen molar-refractivity contribution in [3.8, 4) is 6.07 Å². The molecule has 0 aliphatic carbocycles. The van der Waals surface area contributed by atoms with Crippen LogP contribution in [0.5, 0.6) is 0 Å². The molecule has 0 unspecified atom stereocenters. The lowest BCUT2D eigenvalue weighted by molar-refractivity contribution is 0.111. The average molecular weight is 219 g/mol. The Morgan fingerprint density at radius 2 is 2.44 bits per heavy atom. The second kappa shape index (κ2) is 6.53. The number of nitriles is 1. The second-order valence-corrected chi connectivity index (χ2v) is 3.14. The van der Waals surface area contributed by atoms with Crippen molar-refractivity contribution >= 4 is 12.1 Å². The molecule has 0 saturated heterocycles. The number of nitrogens with one attached hydrogen (secondary N) is 1. The number of carbonyl (C=O) groups is 1. The third-order valence-electron chi connectivity index (χ3n) is 1.98. The fraction of sp³-hybridized carbons (Fsp3) is 0.364. The first-order valence-electron chi connectivity index (χ1n) is 4.91. The molecule has 0 saturated carbocycles. The van der Waals surface area contributed by atoms with E-state index >= 15 is 0 Å². The zero-order valence-electron chi connectivity index (χ0n) is 9.06. The average Bonchev–Trinajstić information content (AvgIpc) is 2.34. The fourth-order valence-corrected chi connectivity index (χ4v) is 1.19. The number of hydrogen-bond acceptors (Lipinski definition) is 5. The molecule has 0 radical (unpaired) electrons. The van der Waals surface area contributed by atoms with Crippen molar-refractivity contribution in [2.24, 2.45) is 0 Å². The predicted molar refractivity (Wildman–Crippen MR) is 59.3 cm³/mol. The number of pyridine rings is 1. The lowest BCUT2D eigenvalue weighted by Crippen LogP contribution is -2.08. The molecule has 0 amide bonds. The standard InChI is InChI=1S/C11H13N3O2/c1-16-6-2-5-13-11-9(7-12)3-4-10(8-15)14-11/h3-4,8H,2,5-6H2,1H3,(H,13,14). The third kappa shape index (κ3) is 3.33. The predicted octanol–water partition coefficient (Wildman–Crippen LogP) is 1.21. The molecule has 0 aromatic carbocycles. The van der Waals surface area contributed by atoms with Gasteiger partial charge in [-0.25, -0.2) is 4.98 Å². The first-order chi connectivity index (χ1) is 7.81. The second-order valence-electron chi connectivity index (χ2n) is 3.14. The topological polar surface area (TPSA) is 75.0 Å². The van der Waals surface area contributed by atoms with Crippen LogP contribution in [0.4, 0.5) is 5.82 Å². The smallest absolute Gasteiger partial charge is 0.168 e. The number of aldehydes is 1. The molecular formula is C11H13N3O2. The van der Waals surface area contributed by atoms with Crippen LogP contribution in [-0.2, 0) is 4.74 Å². The number of rotatable bonds is 6. The maximum Gasteiger partial charge on any atom is 0.168 e. The quantitative estimate of drug-likeness (QED) is 0.575. The molecule has 84 valence electrons. The highest BCUT2D eigenvalue weighted by molar-refractivity contribution is 5.73. The van der Waals surface area contributed by atoms with Crippen LogP contribution in [0.2, 0.25) is 0 Å². The molecule has 0 spiro atoms. The van der Waals surface area contributed by atoms with Gasteiger partial charge < -0.3 is 10.1 Å². The van der Waals surface area contributed by atoms with Gasteiger partial charge in [0.25, 0.3) is 0 Å². The molecule has 1 heterocycles. The van der Waals surface area contributed by atoms with Gasteiger partial charge in [-0.2, -0.15) is 5.26 Å². The molecule has 0 aliphatic heterocycles. The molecule has 0 aliphatic rings. The van der Waals surface area contributed by atoms with Gasteiger partial charge in [0, 0.05) is 20.3 Å². The van der Waals surface area contributed by atoms with Crippen LogP contribution in [0.1, 0.15) is 22.5 Å². The highest BCUT2D eigenvalue weighted by atomic mass is 16.5.